The molecule has 0 saturated heterocycles. The van der Waals surface area contributed by atoms with Crippen LogP contribution >= 0.6 is 11.3 Å². The zero-order valence-corrected chi connectivity index (χ0v) is 14.9. The van der Waals surface area contributed by atoms with Crippen LogP contribution in [0.25, 0.3) is 0 Å². The molecule has 0 unspecified atom stereocenters. The smallest absolute Gasteiger partial charge is 0.407 e. The Bertz CT molecular complexity index is 522. The van der Waals surface area contributed by atoms with Gasteiger partial charge in [0.05, 0.1) is 6.42 Å². The van der Waals surface area contributed by atoms with Gasteiger partial charge < -0.3 is 15.4 Å². The molecule has 0 radical (unpaired) electrons. The van der Waals surface area contributed by atoms with E-state index in [0.29, 0.717) is 6.42 Å². The van der Waals surface area contributed by atoms with E-state index in [1.807, 2.05) is 37.6 Å². The molecule has 5 nitrogen and oxygen atoms in total. The molecular formula is C17H26N2O3S. The monoisotopic (exact) mass is 338 g/mol. The maximum absolute atomic E-state index is 12.1. The molecule has 1 saturated carbocycles. The third kappa shape index (κ3) is 6.60. The van der Waals surface area contributed by atoms with Crippen molar-refractivity contribution in [1.29, 1.82) is 0 Å². The zero-order chi connectivity index (χ0) is 16.9. The lowest BCUT2D eigenvalue weighted by atomic mass is 9.91. The van der Waals surface area contributed by atoms with Gasteiger partial charge in [0.15, 0.2) is 0 Å². The summed E-state index contributed by atoms with van der Waals surface area (Å²) < 4.78 is 5.29. The van der Waals surface area contributed by atoms with E-state index < -0.39 is 5.60 Å². The normalized spacial score (nSPS) is 21.5. The fourth-order valence-electron chi connectivity index (χ4n) is 2.78. The summed E-state index contributed by atoms with van der Waals surface area (Å²) in [4.78, 5) is 23.9. The Balaban J connectivity index is 1.76. The predicted octanol–water partition coefficient (Wildman–Crippen LogP) is 3.24. The highest BCUT2D eigenvalue weighted by molar-refractivity contribution is 7.07. The Morgan fingerprint density at radius 3 is 2.57 bits per heavy atom. The van der Waals surface area contributed by atoms with Gasteiger partial charge in [0.2, 0.25) is 5.91 Å². The van der Waals surface area contributed by atoms with Crippen LogP contribution in [0.4, 0.5) is 4.79 Å². The summed E-state index contributed by atoms with van der Waals surface area (Å²) in [6, 6.07) is 2.15. The van der Waals surface area contributed by atoms with Gasteiger partial charge in [-0.05, 0) is 68.8 Å². The Morgan fingerprint density at radius 2 is 1.96 bits per heavy atom. The number of thiophene rings is 1. The number of alkyl carbamates (subject to hydrolysis) is 1. The van der Waals surface area contributed by atoms with Gasteiger partial charge in [-0.1, -0.05) is 0 Å². The van der Waals surface area contributed by atoms with Crippen LogP contribution in [0.3, 0.4) is 0 Å². The highest BCUT2D eigenvalue weighted by Crippen LogP contribution is 2.19. The van der Waals surface area contributed by atoms with Crippen LogP contribution in [0, 0.1) is 0 Å². The highest BCUT2D eigenvalue weighted by Gasteiger charge is 2.26. The summed E-state index contributed by atoms with van der Waals surface area (Å²) in [5, 5.41) is 9.97. The Labute approximate surface area is 141 Å². The third-order valence-electron chi connectivity index (χ3n) is 3.70. The van der Waals surface area contributed by atoms with E-state index in [1.165, 1.54) is 0 Å². The number of hydrogen-bond donors (Lipinski definition) is 2. The first kappa shape index (κ1) is 17.8. The number of ether oxygens (including phenoxy) is 1. The van der Waals surface area contributed by atoms with Gasteiger partial charge >= 0.3 is 6.09 Å². The van der Waals surface area contributed by atoms with E-state index in [-0.39, 0.29) is 24.1 Å². The van der Waals surface area contributed by atoms with Crippen LogP contribution < -0.4 is 10.6 Å². The predicted molar refractivity (Wildman–Crippen MR) is 91.6 cm³/mol. The minimum atomic E-state index is -0.493. The molecule has 0 aromatic carbocycles. The van der Waals surface area contributed by atoms with Crippen LogP contribution in [0.5, 0.6) is 0 Å². The van der Waals surface area contributed by atoms with Crippen molar-refractivity contribution in [2.24, 2.45) is 0 Å². The first-order valence-corrected chi connectivity index (χ1v) is 9.06. The molecule has 0 aliphatic heterocycles. The molecule has 1 aromatic heterocycles. The fourth-order valence-corrected chi connectivity index (χ4v) is 3.45. The molecule has 0 spiro atoms. The summed E-state index contributed by atoms with van der Waals surface area (Å²) in [6.45, 7) is 5.54. The van der Waals surface area contributed by atoms with E-state index >= 15 is 0 Å². The van der Waals surface area contributed by atoms with Gasteiger partial charge in [-0.3, -0.25) is 4.79 Å². The quantitative estimate of drug-likeness (QED) is 0.885. The van der Waals surface area contributed by atoms with Crippen molar-refractivity contribution in [2.75, 3.05) is 0 Å². The number of carbonyl (C=O) groups excluding carboxylic acids is 2. The second-order valence-corrected chi connectivity index (χ2v) is 7.86. The molecule has 2 atom stereocenters. The first-order chi connectivity index (χ1) is 10.8. The topological polar surface area (TPSA) is 67.4 Å². The molecule has 2 amide bonds. The molecule has 2 N–H and O–H groups in total. The van der Waals surface area contributed by atoms with Crippen molar-refractivity contribution in [3.63, 3.8) is 0 Å². The van der Waals surface area contributed by atoms with Crippen molar-refractivity contribution in [1.82, 2.24) is 10.6 Å². The van der Waals surface area contributed by atoms with Gasteiger partial charge in [0.1, 0.15) is 5.60 Å². The molecule has 2 rings (SSSR count). The number of nitrogens with one attached hydrogen (secondary N) is 2. The van der Waals surface area contributed by atoms with Crippen LogP contribution in [0.15, 0.2) is 16.8 Å². The van der Waals surface area contributed by atoms with Crippen molar-refractivity contribution < 1.29 is 14.3 Å². The molecule has 1 fully saturated rings. The molecule has 6 heteroatoms. The highest BCUT2D eigenvalue weighted by atomic mass is 32.1. The lowest BCUT2D eigenvalue weighted by Crippen LogP contribution is -2.47. The minimum absolute atomic E-state index is 0.0475. The van der Waals surface area contributed by atoms with E-state index in [0.717, 1.165) is 31.2 Å². The number of hydrogen-bond acceptors (Lipinski definition) is 4. The molecule has 0 bridgehead atoms. The van der Waals surface area contributed by atoms with Crippen LogP contribution in [0.2, 0.25) is 0 Å². The van der Waals surface area contributed by atoms with Gasteiger partial charge in [-0.15, -0.1) is 0 Å². The van der Waals surface area contributed by atoms with Crippen molar-refractivity contribution in [2.45, 2.75) is 70.6 Å². The van der Waals surface area contributed by atoms with Crippen LogP contribution in [-0.2, 0) is 16.0 Å². The zero-order valence-electron chi connectivity index (χ0n) is 14.1. The molecule has 1 aliphatic carbocycles. The summed E-state index contributed by atoms with van der Waals surface area (Å²) in [7, 11) is 0. The first-order valence-electron chi connectivity index (χ1n) is 8.12. The fraction of sp³-hybridized carbons (Fsp3) is 0.647. The number of rotatable bonds is 4. The molecule has 128 valence electrons. The maximum Gasteiger partial charge on any atom is 0.407 e. The van der Waals surface area contributed by atoms with Crippen molar-refractivity contribution >= 4 is 23.3 Å². The van der Waals surface area contributed by atoms with Crippen LogP contribution in [-0.4, -0.2) is 29.7 Å². The molecule has 1 aromatic rings. The Hall–Kier alpha value is -1.56. The molecule has 1 heterocycles. The molecular weight excluding hydrogens is 312 g/mol. The lowest BCUT2D eigenvalue weighted by molar-refractivity contribution is -0.121. The van der Waals surface area contributed by atoms with Crippen molar-refractivity contribution in [3.8, 4) is 0 Å². The number of carbonyl (C=O) groups is 2. The molecule has 1 aliphatic rings. The van der Waals surface area contributed by atoms with Gasteiger partial charge in [0, 0.05) is 12.1 Å². The van der Waals surface area contributed by atoms with E-state index in [4.69, 9.17) is 4.74 Å². The largest absolute Gasteiger partial charge is 0.444 e. The number of amides is 2. The average molecular weight is 338 g/mol. The average Bonchev–Trinajstić information content (AvgIpc) is 2.89. The van der Waals surface area contributed by atoms with E-state index in [9.17, 15) is 9.59 Å². The summed E-state index contributed by atoms with van der Waals surface area (Å²) in [6.07, 6.45) is 3.67. The third-order valence-corrected chi connectivity index (χ3v) is 4.44. The van der Waals surface area contributed by atoms with Gasteiger partial charge in [0.25, 0.3) is 0 Å². The summed E-state index contributed by atoms with van der Waals surface area (Å²) in [5.74, 6) is 0.0475. The van der Waals surface area contributed by atoms with Crippen molar-refractivity contribution in [3.05, 3.63) is 22.4 Å². The maximum atomic E-state index is 12.1. The SMILES string of the molecule is CC(C)(C)OC(=O)N[C@@H]1CCC[C@@H](NC(=O)Cc2ccsc2)C1. The Morgan fingerprint density at radius 1 is 1.26 bits per heavy atom. The van der Waals surface area contributed by atoms with Crippen LogP contribution in [0.1, 0.15) is 52.0 Å². The second-order valence-electron chi connectivity index (χ2n) is 7.08. The lowest BCUT2D eigenvalue weighted by Gasteiger charge is -2.31. The Kier molecular flexibility index (Phi) is 6.04. The van der Waals surface area contributed by atoms with E-state index in [1.54, 1.807) is 11.3 Å². The second kappa shape index (κ2) is 7.81. The summed E-state index contributed by atoms with van der Waals surface area (Å²) >= 11 is 1.60. The van der Waals surface area contributed by atoms with Gasteiger partial charge in [-0.2, -0.15) is 11.3 Å². The van der Waals surface area contributed by atoms with Gasteiger partial charge in [-0.25, -0.2) is 4.79 Å². The standard InChI is InChI=1S/C17H26N2O3S/c1-17(2,3)22-16(21)19-14-6-4-5-13(10-14)18-15(20)9-12-7-8-23-11-12/h7-8,11,13-14H,4-6,9-10H2,1-3H3,(H,18,20)(H,19,21)/t13-,14-/m1/s1. The minimum Gasteiger partial charge on any atom is -0.444 e. The molecule has 23 heavy (non-hydrogen) atoms. The summed E-state index contributed by atoms with van der Waals surface area (Å²) in [5.41, 5.74) is 0.555. The van der Waals surface area contributed by atoms with E-state index in [2.05, 4.69) is 10.6 Å².